The highest BCUT2D eigenvalue weighted by molar-refractivity contribution is 4.91. The molecule has 0 aliphatic rings. The largest absolute Gasteiger partial charge is 0.338 e. The third-order valence-corrected chi connectivity index (χ3v) is 1.52. The molecule has 12 heavy (non-hydrogen) atoms. The highest BCUT2D eigenvalue weighted by atomic mass is 15.0. The van der Waals surface area contributed by atoms with Crippen LogP contribution in [-0.4, -0.2) is 23.1 Å². The SMILES string of the molecule is CC.CNCCc1nccn1C. The first-order chi connectivity index (χ1) is 5.84. The summed E-state index contributed by atoms with van der Waals surface area (Å²) in [6.45, 7) is 4.99. The summed E-state index contributed by atoms with van der Waals surface area (Å²) < 4.78 is 2.04. The van der Waals surface area contributed by atoms with Gasteiger partial charge < -0.3 is 9.88 Å². The van der Waals surface area contributed by atoms with Gasteiger partial charge in [-0.2, -0.15) is 0 Å². The lowest BCUT2D eigenvalue weighted by Gasteiger charge is -1.99. The number of aromatic nitrogens is 2. The molecule has 0 spiro atoms. The summed E-state index contributed by atoms with van der Waals surface area (Å²) in [5.41, 5.74) is 0. The van der Waals surface area contributed by atoms with Crippen molar-refractivity contribution in [2.45, 2.75) is 20.3 Å². The molecule has 1 N–H and O–H groups in total. The molecule has 1 aromatic rings. The predicted octanol–water partition coefficient (Wildman–Crippen LogP) is 1.21. The van der Waals surface area contributed by atoms with Gasteiger partial charge in [-0.15, -0.1) is 0 Å². The van der Waals surface area contributed by atoms with E-state index in [1.807, 2.05) is 44.9 Å². The number of aryl methyl sites for hydroxylation is 1. The molecule has 0 aliphatic heterocycles. The molecule has 0 saturated heterocycles. The average molecular weight is 169 g/mol. The maximum Gasteiger partial charge on any atom is 0.109 e. The molecular formula is C9H19N3. The molecule has 0 amide bonds. The van der Waals surface area contributed by atoms with Gasteiger partial charge in [-0.3, -0.25) is 0 Å². The van der Waals surface area contributed by atoms with Gasteiger partial charge >= 0.3 is 0 Å². The third kappa shape index (κ3) is 3.53. The number of rotatable bonds is 3. The summed E-state index contributed by atoms with van der Waals surface area (Å²) in [6.07, 6.45) is 4.79. The average Bonchev–Trinajstić information content (AvgIpc) is 2.51. The molecular weight excluding hydrogens is 150 g/mol. The van der Waals surface area contributed by atoms with E-state index in [1.54, 1.807) is 0 Å². The van der Waals surface area contributed by atoms with E-state index < -0.39 is 0 Å². The van der Waals surface area contributed by atoms with E-state index in [4.69, 9.17) is 0 Å². The minimum atomic E-state index is 0.991. The predicted molar refractivity (Wildman–Crippen MR) is 52.2 cm³/mol. The van der Waals surface area contributed by atoms with E-state index in [1.165, 1.54) is 0 Å². The van der Waals surface area contributed by atoms with Gasteiger partial charge in [0.15, 0.2) is 0 Å². The molecule has 0 bridgehead atoms. The van der Waals surface area contributed by atoms with Gasteiger partial charge in [-0.25, -0.2) is 4.98 Å². The Labute approximate surface area is 74.8 Å². The number of nitrogens with zero attached hydrogens (tertiary/aromatic N) is 2. The second-order valence-electron chi connectivity index (χ2n) is 2.31. The maximum atomic E-state index is 4.18. The zero-order chi connectivity index (χ0) is 9.40. The van der Waals surface area contributed by atoms with Crippen molar-refractivity contribution in [2.75, 3.05) is 13.6 Å². The van der Waals surface area contributed by atoms with Crippen LogP contribution >= 0.6 is 0 Å². The van der Waals surface area contributed by atoms with E-state index in [-0.39, 0.29) is 0 Å². The molecule has 1 aromatic heterocycles. The van der Waals surface area contributed by atoms with Crippen molar-refractivity contribution >= 4 is 0 Å². The molecule has 1 rings (SSSR count). The van der Waals surface area contributed by atoms with Crippen molar-refractivity contribution in [1.29, 1.82) is 0 Å². The van der Waals surface area contributed by atoms with Gasteiger partial charge in [-0.1, -0.05) is 13.8 Å². The summed E-state index contributed by atoms with van der Waals surface area (Å²) in [5.74, 6) is 1.13. The molecule has 1 heterocycles. The maximum absolute atomic E-state index is 4.18. The monoisotopic (exact) mass is 169 g/mol. The van der Waals surface area contributed by atoms with Crippen LogP contribution in [0.1, 0.15) is 19.7 Å². The highest BCUT2D eigenvalue weighted by Gasteiger charge is 1.95. The number of hydrogen-bond donors (Lipinski definition) is 1. The van der Waals surface area contributed by atoms with Crippen molar-refractivity contribution in [3.05, 3.63) is 18.2 Å². The first-order valence-electron chi connectivity index (χ1n) is 4.45. The van der Waals surface area contributed by atoms with Crippen LogP contribution in [0.15, 0.2) is 12.4 Å². The summed E-state index contributed by atoms with van der Waals surface area (Å²) in [7, 11) is 3.96. The van der Waals surface area contributed by atoms with E-state index in [9.17, 15) is 0 Å². The quantitative estimate of drug-likeness (QED) is 0.737. The van der Waals surface area contributed by atoms with E-state index in [2.05, 4.69) is 10.3 Å². The van der Waals surface area contributed by atoms with Crippen LogP contribution in [0.4, 0.5) is 0 Å². The lowest BCUT2D eigenvalue weighted by Crippen LogP contribution is -2.12. The van der Waals surface area contributed by atoms with Crippen molar-refractivity contribution < 1.29 is 0 Å². The molecule has 3 heteroatoms. The standard InChI is InChI=1S/C7H13N3.C2H6/c1-8-4-3-7-9-5-6-10(7)2;1-2/h5-6,8H,3-4H2,1-2H3;1-2H3. The zero-order valence-corrected chi connectivity index (χ0v) is 8.46. The summed E-state index contributed by atoms with van der Waals surface area (Å²) in [5, 5.41) is 3.08. The van der Waals surface area contributed by atoms with E-state index in [0.29, 0.717) is 0 Å². The van der Waals surface area contributed by atoms with Gasteiger partial charge in [0, 0.05) is 32.4 Å². The smallest absolute Gasteiger partial charge is 0.109 e. The van der Waals surface area contributed by atoms with Crippen LogP contribution in [0.3, 0.4) is 0 Å². The topological polar surface area (TPSA) is 29.9 Å². The fourth-order valence-electron chi connectivity index (χ4n) is 0.874. The van der Waals surface area contributed by atoms with E-state index in [0.717, 1.165) is 18.8 Å². The van der Waals surface area contributed by atoms with Gasteiger partial charge in [-0.05, 0) is 7.05 Å². The molecule has 0 fully saturated rings. The summed E-state index contributed by atoms with van der Waals surface area (Å²) in [4.78, 5) is 4.18. The normalized spacial score (nSPS) is 9.00. The van der Waals surface area contributed by atoms with Crippen LogP contribution in [-0.2, 0) is 13.5 Å². The lowest BCUT2D eigenvalue weighted by atomic mass is 10.4. The van der Waals surface area contributed by atoms with Crippen LogP contribution in [0.5, 0.6) is 0 Å². The van der Waals surface area contributed by atoms with Gasteiger partial charge in [0.1, 0.15) is 5.82 Å². The highest BCUT2D eigenvalue weighted by Crippen LogP contribution is 1.93. The Hall–Kier alpha value is -0.830. The van der Waals surface area contributed by atoms with Gasteiger partial charge in [0.25, 0.3) is 0 Å². The minimum absolute atomic E-state index is 0.991. The molecule has 0 atom stereocenters. The number of imidazole rings is 1. The number of hydrogen-bond acceptors (Lipinski definition) is 2. The third-order valence-electron chi connectivity index (χ3n) is 1.52. The summed E-state index contributed by atoms with van der Waals surface area (Å²) >= 11 is 0. The van der Waals surface area contributed by atoms with Crippen LogP contribution in [0.2, 0.25) is 0 Å². The molecule has 0 radical (unpaired) electrons. The Morgan fingerprint density at radius 2 is 2.17 bits per heavy atom. The molecule has 0 aromatic carbocycles. The first-order valence-corrected chi connectivity index (χ1v) is 4.45. The Morgan fingerprint density at radius 1 is 1.50 bits per heavy atom. The second kappa shape index (κ2) is 6.85. The molecule has 3 nitrogen and oxygen atoms in total. The van der Waals surface area contributed by atoms with Crippen LogP contribution in [0.25, 0.3) is 0 Å². The molecule has 70 valence electrons. The molecule has 0 aliphatic carbocycles. The fraction of sp³-hybridized carbons (Fsp3) is 0.667. The molecule has 0 unspecified atom stereocenters. The Kier molecular flexibility index (Phi) is 6.38. The Morgan fingerprint density at radius 3 is 2.58 bits per heavy atom. The second-order valence-corrected chi connectivity index (χ2v) is 2.31. The van der Waals surface area contributed by atoms with Crippen LogP contribution in [0, 0.1) is 0 Å². The van der Waals surface area contributed by atoms with E-state index >= 15 is 0 Å². The van der Waals surface area contributed by atoms with Crippen molar-refractivity contribution in [1.82, 2.24) is 14.9 Å². The molecule has 0 saturated carbocycles. The number of nitrogens with one attached hydrogen (secondary N) is 1. The van der Waals surface area contributed by atoms with Gasteiger partial charge in [0.05, 0.1) is 0 Å². The van der Waals surface area contributed by atoms with Gasteiger partial charge in [0.2, 0.25) is 0 Å². The fourth-order valence-corrected chi connectivity index (χ4v) is 0.874. The van der Waals surface area contributed by atoms with Crippen molar-refractivity contribution in [3.8, 4) is 0 Å². The summed E-state index contributed by atoms with van der Waals surface area (Å²) in [6, 6.07) is 0. The Bertz CT molecular complexity index is 193. The lowest BCUT2D eigenvalue weighted by molar-refractivity contribution is 0.718. The van der Waals surface area contributed by atoms with Crippen molar-refractivity contribution in [3.63, 3.8) is 0 Å². The zero-order valence-electron chi connectivity index (χ0n) is 8.46. The van der Waals surface area contributed by atoms with Crippen LogP contribution < -0.4 is 5.32 Å². The number of likely N-dealkylation sites (N-methyl/N-ethyl adjacent to an activating group) is 1. The van der Waals surface area contributed by atoms with Crippen molar-refractivity contribution in [2.24, 2.45) is 7.05 Å². The first kappa shape index (κ1) is 11.2. The Balaban J connectivity index is 0.000000561. The minimum Gasteiger partial charge on any atom is -0.338 e.